The number of allylic oxidation sites excluding steroid dienone is 2. The van der Waals surface area contributed by atoms with Gasteiger partial charge in [0, 0.05) is 12.8 Å². The zero-order valence-corrected chi connectivity index (χ0v) is 53.9. The molecule has 0 aromatic rings. The number of aliphatic hydroxyl groups excluding tert-OH is 2. The van der Waals surface area contributed by atoms with Gasteiger partial charge in [-0.3, -0.25) is 9.59 Å². The SMILES string of the molecule is CCCCCCCC/C=C\CCCCCCCC(=O)OCCCCCCCCCCCCCCCCCCCCCCCCCCCCCCCCCCCC(=O)NC(CO)C(O)CCCCCCCCCCCCCCCC. The van der Waals surface area contributed by atoms with E-state index in [1.54, 1.807) is 0 Å². The summed E-state index contributed by atoms with van der Waals surface area (Å²) in [5, 5.41) is 23.3. The molecular weight excluding hydrogens is 971 g/mol. The fraction of sp³-hybridized carbons (Fsp3) is 0.945. The molecule has 0 heterocycles. The smallest absolute Gasteiger partial charge is 0.305 e. The van der Waals surface area contributed by atoms with Crippen LogP contribution in [-0.4, -0.2) is 47.4 Å². The minimum absolute atomic E-state index is 0.0146. The molecule has 0 aliphatic heterocycles. The Morgan fingerprint density at radius 1 is 0.342 bits per heavy atom. The molecule has 0 spiro atoms. The number of ether oxygens (including phenoxy) is 1. The number of carbonyl (C=O) groups excluding carboxylic acids is 2. The van der Waals surface area contributed by atoms with Crippen molar-refractivity contribution in [1.82, 2.24) is 5.32 Å². The average Bonchev–Trinajstić information content (AvgIpc) is 3.45. The van der Waals surface area contributed by atoms with Gasteiger partial charge >= 0.3 is 5.97 Å². The Labute approximate surface area is 495 Å². The van der Waals surface area contributed by atoms with Crippen molar-refractivity contribution in [3.05, 3.63) is 12.2 Å². The van der Waals surface area contributed by atoms with E-state index in [-0.39, 0.29) is 18.5 Å². The van der Waals surface area contributed by atoms with Crippen LogP contribution >= 0.6 is 0 Å². The number of unbranched alkanes of at least 4 members (excludes halogenated alkanes) is 56. The quantitative estimate of drug-likeness (QED) is 0.0320. The van der Waals surface area contributed by atoms with Crippen LogP contribution in [0.2, 0.25) is 0 Å². The molecule has 0 radical (unpaired) electrons. The van der Waals surface area contributed by atoms with Crippen LogP contribution in [0.3, 0.4) is 0 Å². The summed E-state index contributed by atoms with van der Waals surface area (Å²) in [5.74, 6) is -0.0124. The number of rotatable bonds is 69. The minimum atomic E-state index is -0.660. The summed E-state index contributed by atoms with van der Waals surface area (Å²) in [6.45, 7) is 4.98. The maximum absolute atomic E-state index is 12.5. The first-order valence-corrected chi connectivity index (χ1v) is 36.4. The molecule has 470 valence electrons. The summed E-state index contributed by atoms with van der Waals surface area (Å²) >= 11 is 0. The van der Waals surface area contributed by atoms with Crippen molar-refractivity contribution in [1.29, 1.82) is 0 Å². The second kappa shape index (κ2) is 69.1. The highest BCUT2D eigenvalue weighted by Gasteiger charge is 2.20. The molecule has 2 unspecified atom stereocenters. The van der Waals surface area contributed by atoms with Gasteiger partial charge in [-0.2, -0.15) is 0 Å². The van der Waals surface area contributed by atoms with Crippen LogP contribution < -0.4 is 5.32 Å². The van der Waals surface area contributed by atoms with E-state index < -0.39 is 12.1 Å². The van der Waals surface area contributed by atoms with Crippen LogP contribution in [0, 0.1) is 0 Å². The van der Waals surface area contributed by atoms with E-state index in [2.05, 4.69) is 31.3 Å². The highest BCUT2D eigenvalue weighted by Crippen LogP contribution is 2.20. The Hall–Kier alpha value is -1.40. The molecule has 0 aliphatic rings. The summed E-state index contributed by atoms with van der Waals surface area (Å²) in [6.07, 6.45) is 85.7. The van der Waals surface area contributed by atoms with E-state index in [1.165, 1.54) is 340 Å². The van der Waals surface area contributed by atoms with E-state index >= 15 is 0 Å². The first-order valence-electron chi connectivity index (χ1n) is 36.4. The second-order valence-corrected chi connectivity index (χ2v) is 25.3. The lowest BCUT2D eigenvalue weighted by Gasteiger charge is -2.22. The van der Waals surface area contributed by atoms with Gasteiger partial charge in [-0.05, 0) is 51.4 Å². The minimum Gasteiger partial charge on any atom is -0.466 e. The first-order chi connectivity index (χ1) is 39.0. The first kappa shape index (κ1) is 77.6. The van der Waals surface area contributed by atoms with Crippen LogP contribution in [0.5, 0.6) is 0 Å². The van der Waals surface area contributed by atoms with Gasteiger partial charge < -0.3 is 20.3 Å². The number of hydrogen-bond acceptors (Lipinski definition) is 5. The van der Waals surface area contributed by atoms with Gasteiger partial charge in [-0.15, -0.1) is 0 Å². The molecule has 0 saturated carbocycles. The van der Waals surface area contributed by atoms with E-state index in [0.29, 0.717) is 25.9 Å². The van der Waals surface area contributed by atoms with Crippen molar-refractivity contribution in [2.24, 2.45) is 0 Å². The molecule has 3 N–H and O–H groups in total. The molecule has 0 aliphatic carbocycles. The Balaban J connectivity index is 3.30. The predicted octanol–water partition coefficient (Wildman–Crippen LogP) is 23.5. The van der Waals surface area contributed by atoms with Gasteiger partial charge in [0.2, 0.25) is 5.91 Å². The third-order valence-electron chi connectivity index (χ3n) is 17.3. The monoisotopic (exact) mass is 1110 g/mol. The molecule has 0 fully saturated rings. The number of nitrogens with one attached hydrogen (secondary N) is 1. The molecule has 0 saturated heterocycles. The van der Waals surface area contributed by atoms with Crippen LogP contribution in [0.25, 0.3) is 0 Å². The lowest BCUT2D eigenvalue weighted by atomic mass is 10.0. The summed E-state index contributed by atoms with van der Waals surface area (Å²) in [7, 11) is 0. The zero-order chi connectivity index (χ0) is 57.1. The number of carbonyl (C=O) groups is 2. The maximum Gasteiger partial charge on any atom is 0.305 e. The predicted molar refractivity (Wildman–Crippen MR) is 347 cm³/mol. The Kier molecular flexibility index (Phi) is 67.9. The summed E-state index contributed by atoms with van der Waals surface area (Å²) in [6, 6.07) is -0.536. The highest BCUT2D eigenvalue weighted by molar-refractivity contribution is 5.76. The number of amides is 1. The molecule has 6 heteroatoms. The van der Waals surface area contributed by atoms with Gasteiger partial charge in [0.25, 0.3) is 0 Å². The fourth-order valence-corrected chi connectivity index (χ4v) is 11.8. The summed E-state index contributed by atoms with van der Waals surface area (Å²) in [4.78, 5) is 24.6. The van der Waals surface area contributed by atoms with Gasteiger partial charge in [0.15, 0.2) is 0 Å². The van der Waals surface area contributed by atoms with Gasteiger partial charge in [0.1, 0.15) is 0 Å². The molecular formula is C73H143NO5. The van der Waals surface area contributed by atoms with Crippen molar-refractivity contribution in [2.75, 3.05) is 13.2 Å². The largest absolute Gasteiger partial charge is 0.466 e. The Morgan fingerprint density at radius 2 is 0.595 bits per heavy atom. The van der Waals surface area contributed by atoms with E-state index in [9.17, 15) is 19.8 Å². The fourth-order valence-electron chi connectivity index (χ4n) is 11.8. The maximum atomic E-state index is 12.5. The topological polar surface area (TPSA) is 95.9 Å². The Morgan fingerprint density at radius 3 is 0.899 bits per heavy atom. The van der Waals surface area contributed by atoms with Crippen LogP contribution in [0.15, 0.2) is 12.2 Å². The molecule has 1 amide bonds. The highest BCUT2D eigenvalue weighted by atomic mass is 16.5. The van der Waals surface area contributed by atoms with E-state index in [1.807, 2.05) is 0 Å². The number of esters is 1. The van der Waals surface area contributed by atoms with Gasteiger partial charge in [-0.1, -0.05) is 366 Å². The van der Waals surface area contributed by atoms with Crippen LogP contribution in [0.1, 0.15) is 418 Å². The molecule has 0 bridgehead atoms. The summed E-state index contributed by atoms with van der Waals surface area (Å²) < 4.78 is 5.50. The van der Waals surface area contributed by atoms with Crippen molar-refractivity contribution in [3.8, 4) is 0 Å². The Bertz CT molecular complexity index is 1190. The average molecular weight is 1110 g/mol. The number of hydrogen-bond donors (Lipinski definition) is 3. The van der Waals surface area contributed by atoms with Crippen LogP contribution in [-0.2, 0) is 14.3 Å². The van der Waals surface area contributed by atoms with Crippen molar-refractivity contribution in [3.63, 3.8) is 0 Å². The van der Waals surface area contributed by atoms with Crippen molar-refractivity contribution >= 4 is 11.9 Å². The standard InChI is InChI=1S/C73H143NO5/c1-3-5-7-9-11-13-15-17-38-43-47-51-55-59-63-67-73(78)79-68-64-60-56-52-48-44-40-37-35-33-31-29-27-25-23-21-19-20-22-24-26-28-30-32-34-36-39-42-46-50-54-58-62-66-72(77)74-70(69-75)71(76)65-61-57-53-49-45-41-18-16-14-12-10-8-6-4-2/h17,38,70-71,75-76H,3-16,18-37,39-69H2,1-2H3,(H,74,77)/b38-17-. The van der Waals surface area contributed by atoms with E-state index in [4.69, 9.17) is 4.74 Å². The van der Waals surface area contributed by atoms with Gasteiger partial charge in [0.05, 0.1) is 25.4 Å². The number of aliphatic hydroxyl groups is 2. The molecule has 79 heavy (non-hydrogen) atoms. The lowest BCUT2D eigenvalue weighted by molar-refractivity contribution is -0.143. The lowest BCUT2D eigenvalue weighted by Crippen LogP contribution is -2.45. The third-order valence-corrected chi connectivity index (χ3v) is 17.3. The van der Waals surface area contributed by atoms with Crippen LogP contribution in [0.4, 0.5) is 0 Å². The second-order valence-electron chi connectivity index (χ2n) is 25.3. The zero-order valence-electron chi connectivity index (χ0n) is 53.9. The normalized spacial score (nSPS) is 12.5. The summed E-state index contributed by atoms with van der Waals surface area (Å²) in [5.41, 5.74) is 0. The van der Waals surface area contributed by atoms with Crippen molar-refractivity contribution < 1.29 is 24.5 Å². The van der Waals surface area contributed by atoms with E-state index in [0.717, 1.165) is 44.9 Å². The van der Waals surface area contributed by atoms with Crippen molar-refractivity contribution in [2.45, 2.75) is 431 Å². The third kappa shape index (κ3) is 65.6. The molecule has 6 nitrogen and oxygen atoms in total. The molecule has 0 aromatic heterocycles. The molecule has 0 aromatic carbocycles. The molecule has 2 atom stereocenters. The molecule has 0 rings (SSSR count). The van der Waals surface area contributed by atoms with Gasteiger partial charge in [-0.25, -0.2) is 0 Å².